The van der Waals surface area contributed by atoms with Gasteiger partial charge in [-0.15, -0.1) is 0 Å². The van der Waals surface area contributed by atoms with Crippen LogP contribution in [0.3, 0.4) is 0 Å². The minimum atomic E-state index is -0.392. The van der Waals surface area contributed by atoms with Crippen LogP contribution in [0.4, 0.5) is 0 Å². The Morgan fingerprint density at radius 2 is 2.19 bits per heavy atom. The normalized spacial score (nSPS) is 16.9. The third kappa shape index (κ3) is 5.17. The maximum atomic E-state index is 12.5. The van der Waals surface area contributed by atoms with Crippen LogP contribution in [0.5, 0.6) is 0 Å². The number of ether oxygens (including phenoxy) is 1. The molecule has 1 saturated heterocycles. The molecule has 142 valence electrons. The number of pyridine rings is 1. The van der Waals surface area contributed by atoms with Crippen molar-refractivity contribution < 1.29 is 19.1 Å². The SMILES string of the molecule is CCOC(=O)C1CCCN(C(=O)CN(C)C(=O)c2cc(Br)cnc2Cl)C1. The fourth-order valence-electron chi connectivity index (χ4n) is 2.81. The standard InChI is InChI=1S/C17H21BrClN3O4/c1-3-26-17(25)11-5-4-6-22(9-11)14(23)10-21(2)16(24)13-7-12(18)8-20-15(13)19/h7-8,11H,3-6,9-10H2,1-2H3. The van der Waals surface area contributed by atoms with Gasteiger partial charge in [-0.3, -0.25) is 14.4 Å². The van der Waals surface area contributed by atoms with Crippen molar-refractivity contribution in [2.75, 3.05) is 33.3 Å². The predicted molar refractivity (Wildman–Crippen MR) is 99.8 cm³/mol. The molecule has 2 heterocycles. The Morgan fingerprint density at radius 3 is 2.88 bits per heavy atom. The second kappa shape index (κ2) is 9.32. The largest absolute Gasteiger partial charge is 0.466 e. The highest BCUT2D eigenvalue weighted by molar-refractivity contribution is 9.10. The van der Waals surface area contributed by atoms with E-state index >= 15 is 0 Å². The van der Waals surface area contributed by atoms with Crippen LogP contribution in [0.25, 0.3) is 0 Å². The summed E-state index contributed by atoms with van der Waals surface area (Å²) in [5.74, 6) is -1.19. The van der Waals surface area contributed by atoms with Crippen molar-refractivity contribution in [2.24, 2.45) is 5.92 Å². The van der Waals surface area contributed by atoms with Gasteiger partial charge in [0.25, 0.3) is 5.91 Å². The molecule has 1 fully saturated rings. The van der Waals surface area contributed by atoms with Crippen LogP contribution >= 0.6 is 27.5 Å². The lowest BCUT2D eigenvalue weighted by atomic mass is 9.98. The predicted octanol–water partition coefficient (Wildman–Crippen LogP) is 2.37. The fourth-order valence-corrected chi connectivity index (χ4v) is 3.32. The van der Waals surface area contributed by atoms with Gasteiger partial charge >= 0.3 is 5.97 Å². The lowest BCUT2D eigenvalue weighted by Gasteiger charge is -2.32. The van der Waals surface area contributed by atoms with Crippen molar-refractivity contribution >= 4 is 45.3 Å². The summed E-state index contributed by atoms with van der Waals surface area (Å²) in [6.45, 7) is 2.86. The number of amides is 2. The summed E-state index contributed by atoms with van der Waals surface area (Å²) in [5, 5.41) is 0.0813. The van der Waals surface area contributed by atoms with Gasteiger partial charge in [0.1, 0.15) is 5.15 Å². The second-order valence-corrected chi connectivity index (χ2v) is 7.36. The Bertz CT molecular complexity index is 701. The Kier molecular flexibility index (Phi) is 7.40. The maximum absolute atomic E-state index is 12.5. The second-order valence-electron chi connectivity index (χ2n) is 6.08. The molecule has 1 atom stereocenters. The molecule has 0 N–H and O–H groups in total. The molecule has 1 unspecified atom stereocenters. The van der Waals surface area contributed by atoms with Crippen molar-refractivity contribution in [3.05, 3.63) is 27.5 Å². The maximum Gasteiger partial charge on any atom is 0.310 e. The molecule has 26 heavy (non-hydrogen) atoms. The van der Waals surface area contributed by atoms with Crippen molar-refractivity contribution in [1.29, 1.82) is 0 Å². The molecule has 0 saturated carbocycles. The number of esters is 1. The van der Waals surface area contributed by atoms with Crippen LogP contribution in [0.15, 0.2) is 16.7 Å². The molecule has 2 amide bonds. The molecule has 0 aromatic carbocycles. The first kappa shape index (κ1) is 20.6. The van der Waals surface area contributed by atoms with Gasteiger partial charge in [-0.05, 0) is 41.8 Å². The number of aromatic nitrogens is 1. The van der Waals surface area contributed by atoms with E-state index in [2.05, 4.69) is 20.9 Å². The van der Waals surface area contributed by atoms with Crippen LogP contribution in [0, 0.1) is 5.92 Å². The van der Waals surface area contributed by atoms with Gasteiger partial charge < -0.3 is 14.5 Å². The number of nitrogens with zero attached hydrogens (tertiary/aromatic N) is 3. The first-order chi connectivity index (χ1) is 12.3. The van der Waals surface area contributed by atoms with Gasteiger partial charge in [0, 0.05) is 30.8 Å². The van der Waals surface area contributed by atoms with Crippen LogP contribution in [-0.4, -0.2) is 65.9 Å². The van der Waals surface area contributed by atoms with E-state index in [-0.39, 0.29) is 35.1 Å². The van der Waals surface area contributed by atoms with Gasteiger partial charge in [-0.1, -0.05) is 11.6 Å². The first-order valence-electron chi connectivity index (χ1n) is 8.34. The molecule has 1 aliphatic heterocycles. The summed E-state index contributed by atoms with van der Waals surface area (Å²) in [6.07, 6.45) is 2.93. The monoisotopic (exact) mass is 445 g/mol. The summed E-state index contributed by atoms with van der Waals surface area (Å²) < 4.78 is 5.67. The molecule has 0 aliphatic carbocycles. The van der Waals surface area contributed by atoms with Crippen LogP contribution in [0.1, 0.15) is 30.1 Å². The molecule has 2 rings (SSSR count). The topological polar surface area (TPSA) is 79.8 Å². The van der Waals surface area contributed by atoms with Gasteiger partial charge in [0.15, 0.2) is 0 Å². The minimum absolute atomic E-state index is 0.0813. The van der Waals surface area contributed by atoms with Crippen molar-refractivity contribution in [3.63, 3.8) is 0 Å². The van der Waals surface area contributed by atoms with E-state index < -0.39 is 5.91 Å². The Balaban J connectivity index is 1.98. The number of carbonyl (C=O) groups is 3. The molecular formula is C17H21BrClN3O4. The summed E-state index contributed by atoms with van der Waals surface area (Å²) in [5.41, 5.74) is 0.222. The smallest absolute Gasteiger partial charge is 0.310 e. The van der Waals surface area contributed by atoms with Gasteiger partial charge in [-0.25, -0.2) is 4.98 Å². The number of likely N-dealkylation sites (tertiary alicyclic amines) is 1. The lowest BCUT2D eigenvalue weighted by Crippen LogP contribution is -2.47. The van der Waals surface area contributed by atoms with Gasteiger partial charge in [-0.2, -0.15) is 0 Å². The Hall–Kier alpha value is -1.67. The third-order valence-corrected chi connectivity index (χ3v) is 4.88. The molecule has 9 heteroatoms. The Morgan fingerprint density at radius 1 is 1.46 bits per heavy atom. The number of carbonyl (C=O) groups excluding carboxylic acids is 3. The number of likely N-dealkylation sites (N-methyl/N-ethyl adjacent to an activating group) is 1. The molecule has 0 bridgehead atoms. The summed E-state index contributed by atoms with van der Waals surface area (Å²) >= 11 is 9.23. The zero-order valence-corrected chi connectivity index (χ0v) is 17.0. The molecule has 1 aliphatic rings. The molecule has 7 nitrogen and oxygen atoms in total. The summed E-state index contributed by atoms with van der Waals surface area (Å²) in [4.78, 5) is 43.8. The molecule has 0 spiro atoms. The summed E-state index contributed by atoms with van der Waals surface area (Å²) in [7, 11) is 1.53. The van der Waals surface area contributed by atoms with E-state index in [9.17, 15) is 14.4 Å². The van der Waals surface area contributed by atoms with E-state index in [4.69, 9.17) is 16.3 Å². The van der Waals surface area contributed by atoms with Crippen LogP contribution in [-0.2, 0) is 14.3 Å². The molecule has 1 aromatic rings. The molecular weight excluding hydrogens is 426 g/mol. The number of hydrogen-bond donors (Lipinski definition) is 0. The minimum Gasteiger partial charge on any atom is -0.466 e. The number of piperidine rings is 1. The zero-order chi connectivity index (χ0) is 19.3. The first-order valence-corrected chi connectivity index (χ1v) is 9.51. The highest BCUT2D eigenvalue weighted by Gasteiger charge is 2.30. The number of hydrogen-bond acceptors (Lipinski definition) is 5. The van der Waals surface area contributed by atoms with Crippen LogP contribution < -0.4 is 0 Å². The Labute approximate surface area is 165 Å². The lowest BCUT2D eigenvalue weighted by molar-refractivity contribution is -0.151. The average Bonchev–Trinajstić information content (AvgIpc) is 2.63. The van der Waals surface area contributed by atoms with E-state index in [1.807, 2.05) is 0 Å². The third-order valence-electron chi connectivity index (χ3n) is 4.15. The van der Waals surface area contributed by atoms with E-state index in [0.717, 1.165) is 6.42 Å². The number of rotatable bonds is 5. The average molecular weight is 447 g/mol. The highest BCUT2D eigenvalue weighted by atomic mass is 79.9. The van der Waals surface area contributed by atoms with Crippen LogP contribution in [0.2, 0.25) is 5.15 Å². The zero-order valence-electron chi connectivity index (χ0n) is 14.7. The van der Waals surface area contributed by atoms with Crippen molar-refractivity contribution in [2.45, 2.75) is 19.8 Å². The van der Waals surface area contributed by atoms with Crippen molar-refractivity contribution in [1.82, 2.24) is 14.8 Å². The highest BCUT2D eigenvalue weighted by Crippen LogP contribution is 2.21. The summed E-state index contributed by atoms with van der Waals surface area (Å²) in [6, 6.07) is 1.57. The molecule has 0 radical (unpaired) electrons. The van der Waals surface area contributed by atoms with Crippen molar-refractivity contribution in [3.8, 4) is 0 Å². The quantitative estimate of drug-likeness (QED) is 0.512. The fraction of sp³-hybridized carbons (Fsp3) is 0.529. The van der Waals surface area contributed by atoms with Gasteiger partial charge in [0.05, 0.1) is 24.6 Å². The number of halogens is 2. The molecule has 1 aromatic heterocycles. The van der Waals surface area contributed by atoms with E-state index in [1.165, 1.54) is 18.1 Å². The van der Waals surface area contributed by atoms with E-state index in [1.54, 1.807) is 17.9 Å². The van der Waals surface area contributed by atoms with E-state index in [0.29, 0.717) is 30.6 Å². The van der Waals surface area contributed by atoms with Gasteiger partial charge in [0.2, 0.25) is 5.91 Å².